The maximum Gasteiger partial charge on any atom is 0.310 e. The molecule has 1 aliphatic heterocycles. The number of hydrogen-bond donors (Lipinski definition) is 1. The van der Waals surface area contributed by atoms with Crippen molar-refractivity contribution in [1.82, 2.24) is 4.90 Å². The molecule has 1 N–H and O–H groups in total. The molecule has 0 bridgehead atoms. The monoisotopic (exact) mass is 335 g/mol. The zero-order valence-electron chi connectivity index (χ0n) is 15.2. The van der Waals surface area contributed by atoms with E-state index in [1.54, 1.807) is 0 Å². The van der Waals surface area contributed by atoms with Crippen LogP contribution in [0.1, 0.15) is 39.7 Å². The van der Waals surface area contributed by atoms with Gasteiger partial charge in [0.05, 0.1) is 18.6 Å². The van der Waals surface area contributed by atoms with Gasteiger partial charge in [-0.2, -0.15) is 0 Å². The second-order valence-corrected chi connectivity index (χ2v) is 7.25. The van der Waals surface area contributed by atoms with Gasteiger partial charge < -0.3 is 14.6 Å². The number of likely N-dealkylation sites (tertiary alicyclic amines) is 1. The highest BCUT2D eigenvalue weighted by molar-refractivity contribution is 5.74. The van der Waals surface area contributed by atoms with Crippen molar-refractivity contribution in [2.45, 2.75) is 40.7 Å². The Labute approximate surface area is 144 Å². The van der Waals surface area contributed by atoms with Gasteiger partial charge in [0.2, 0.25) is 0 Å². The zero-order valence-corrected chi connectivity index (χ0v) is 15.2. The molecule has 5 nitrogen and oxygen atoms in total. The molecule has 0 radical (unpaired) electrons. The number of benzene rings is 1. The van der Waals surface area contributed by atoms with E-state index in [4.69, 9.17) is 9.47 Å². The van der Waals surface area contributed by atoms with E-state index in [0.717, 1.165) is 30.2 Å². The number of nitrogens with zero attached hydrogens (tertiary/aromatic N) is 1. The maximum absolute atomic E-state index is 11.4. The third-order valence-electron chi connectivity index (χ3n) is 4.36. The van der Waals surface area contributed by atoms with Gasteiger partial charge in [-0.05, 0) is 50.4 Å². The van der Waals surface area contributed by atoms with Crippen molar-refractivity contribution < 1.29 is 19.4 Å². The first-order valence-corrected chi connectivity index (χ1v) is 8.68. The quantitative estimate of drug-likeness (QED) is 0.789. The van der Waals surface area contributed by atoms with E-state index in [2.05, 4.69) is 18.7 Å². The molecule has 1 aliphatic rings. The smallest absolute Gasteiger partial charge is 0.310 e. The van der Waals surface area contributed by atoms with Crippen LogP contribution in [0.3, 0.4) is 0 Å². The van der Waals surface area contributed by atoms with Gasteiger partial charge in [-0.15, -0.1) is 0 Å². The average molecular weight is 335 g/mol. The molecule has 1 fully saturated rings. The van der Waals surface area contributed by atoms with Crippen LogP contribution < -0.4 is 9.47 Å². The summed E-state index contributed by atoms with van der Waals surface area (Å²) in [6, 6.07) is 6.00. The molecule has 0 aromatic heterocycles. The molecule has 24 heavy (non-hydrogen) atoms. The number of aliphatic carboxylic acids is 1. The molecule has 0 saturated carbocycles. The lowest BCUT2D eigenvalue weighted by atomic mass is 9.90. The number of hydrogen-bond acceptors (Lipinski definition) is 4. The maximum atomic E-state index is 11.4. The van der Waals surface area contributed by atoms with Crippen LogP contribution in [0.15, 0.2) is 18.2 Å². The molecule has 5 heteroatoms. The summed E-state index contributed by atoms with van der Waals surface area (Å²) >= 11 is 0. The molecular weight excluding hydrogens is 306 g/mol. The average Bonchev–Trinajstić information content (AvgIpc) is 2.89. The highest BCUT2D eigenvalue weighted by Gasteiger charge is 2.40. The van der Waals surface area contributed by atoms with Crippen molar-refractivity contribution in [3.63, 3.8) is 0 Å². The normalized spacial score (nSPS) is 21.2. The Balaban J connectivity index is 2.06. The first-order valence-electron chi connectivity index (χ1n) is 8.68. The summed E-state index contributed by atoms with van der Waals surface area (Å²) in [5.74, 6) is 1.27. The van der Waals surface area contributed by atoms with E-state index in [1.807, 2.05) is 32.0 Å². The van der Waals surface area contributed by atoms with Crippen LogP contribution in [-0.2, 0) is 11.3 Å². The van der Waals surface area contributed by atoms with Gasteiger partial charge in [-0.3, -0.25) is 9.69 Å². The van der Waals surface area contributed by atoms with Crippen LogP contribution in [0.2, 0.25) is 0 Å². The number of carboxylic acid groups (broad SMARTS) is 1. The van der Waals surface area contributed by atoms with Crippen molar-refractivity contribution in [3.8, 4) is 11.5 Å². The lowest BCUT2D eigenvalue weighted by Gasteiger charge is -2.21. The van der Waals surface area contributed by atoms with Gasteiger partial charge in [0, 0.05) is 13.1 Å². The van der Waals surface area contributed by atoms with E-state index in [1.165, 1.54) is 0 Å². The van der Waals surface area contributed by atoms with E-state index in [9.17, 15) is 9.90 Å². The fraction of sp³-hybridized carbons (Fsp3) is 0.632. The van der Waals surface area contributed by atoms with Crippen LogP contribution in [-0.4, -0.2) is 42.3 Å². The van der Waals surface area contributed by atoms with Crippen LogP contribution in [0.5, 0.6) is 11.5 Å². The minimum absolute atomic E-state index is 0.456. The fourth-order valence-corrected chi connectivity index (χ4v) is 2.92. The van der Waals surface area contributed by atoms with Crippen molar-refractivity contribution in [1.29, 1.82) is 0 Å². The summed E-state index contributed by atoms with van der Waals surface area (Å²) < 4.78 is 11.5. The molecule has 1 unspecified atom stereocenters. The Hall–Kier alpha value is -1.75. The summed E-state index contributed by atoms with van der Waals surface area (Å²) in [5.41, 5.74) is 0.480. The van der Waals surface area contributed by atoms with Crippen molar-refractivity contribution >= 4 is 5.97 Å². The molecule has 0 amide bonds. The Morgan fingerprint density at radius 3 is 2.67 bits per heavy atom. The van der Waals surface area contributed by atoms with Gasteiger partial charge in [-0.25, -0.2) is 0 Å². The number of carbonyl (C=O) groups is 1. The summed E-state index contributed by atoms with van der Waals surface area (Å²) in [5, 5.41) is 9.35. The molecule has 0 aliphatic carbocycles. The topological polar surface area (TPSA) is 59.0 Å². The summed E-state index contributed by atoms with van der Waals surface area (Å²) in [6.45, 7) is 11.4. The predicted molar refractivity (Wildman–Crippen MR) is 93.6 cm³/mol. The van der Waals surface area contributed by atoms with E-state index in [0.29, 0.717) is 32.1 Å². The van der Waals surface area contributed by atoms with Crippen LogP contribution in [0, 0.1) is 11.3 Å². The second kappa shape index (κ2) is 7.88. The zero-order chi connectivity index (χ0) is 17.7. The van der Waals surface area contributed by atoms with Crippen LogP contribution in [0.4, 0.5) is 0 Å². The first-order chi connectivity index (χ1) is 11.3. The lowest BCUT2D eigenvalue weighted by molar-refractivity contribution is -0.147. The Kier molecular flexibility index (Phi) is 6.10. The van der Waals surface area contributed by atoms with Gasteiger partial charge in [0.1, 0.15) is 0 Å². The van der Waals surface area contributed by atoms with Gasteiger partial charge in [-0.1, -0.05) is 19.9 Å². The van der Waals surface area contributed by atoms with Crippen LogP contribution >= 0.6 is 0 Å². The highest BCUT2D eigenvalue weighted by Crippen LogP contribution is 2.33. The molecule has 0 spiro atoms. The minimum Gasteiger partial charge on any atom is -0.490 e. The first kappa shape index (κ1) is 18.6. The molecule has 134 valence electrons. The summed E-state index contributed by atoms with van der Waals surface area (Å²) in [4.78, 5) is 13.6. The lowest BCUT2D eigenvalue weighted by Crippen LogP contribution is -2.31. The SMILES string of the molecule is CCOc1cc(CN2CCC(C)(C(=O)O)C2)ccc1OCC(C)C. The fourth-order valence-electron chi connectivity index (χ4n) is 2.92. The highest BCUT2D eigenvalue weighted by atomic mass is 16.5. The molecule has 1 atom stereocenters. The van der Waals surface area contributed by atoms with Crippen molar-refractivity contribution in [2.75, 3.05) is 26.3 Å². The number of ether oxygens (including phenoxy) is 2. The van der Waals surface area contributed by atoms with Gasteiger partial charge in [0.15, 0.2) is 11.5 Å². The van der Waals surface area contributed by atoms with Gasteiger partial charge in [0.25, 0.3) is 0 Å². The number of carboxylic acids is 1. The summed E-state index contributed by atoms with van der Waals surface area (Å²) in [7, 11) is 0. The molecule has 1 saturated heterocycles. The molecule has 1 heterocycles. The van der Waals surface area contributed by atoms with Crippen molar-refractivity contribution in [2.24, 2.45) is 11.3 Å². The van der Waals surface area contributed by atoms with E-state index >= 15 is 0 Å². The van der Waals surface area contributed by atoms with Gasteiger partial charge >= 0.3 is 5.97 Å². The predicted octanol–water partition coefficient (Wildman–Crippen LogP) is 3.42. The third-order valence-corrected chi connectivity index (χ3v) is 4.36. The summed E-state index contributed by atoms with van der Waals surface area (Å²) in [6.07, 6.45) is 0.691. The molecule has 1 aromatic carbocycles. The minimum atomic E-state index is -0.711. The van der Waals surface area contributed by atoms with Crippen LogP contribution in [0.25, 0.3) is 0 Å². The molecule has 1 aromatic rings. The Morgan fingerprint density at radius 1 is 1.33 bits per heavy atom. The second-order valence-electron chi connectivity index (χ2n) is 7.25. The molecule has 2 rings (SSSR count). The standard InChI is InChI=1S/C19H29NO4/c1-5-23-17-10-15(6-7-16(17)24-12-14(2)3)11-20-9-8-19(4,13-20)18(21)22/h6-7,10,14H,5,8-9,11-13H2,1-4H3,(H,21,22). The Morgan fingerprint density at radius 2 is 2.08 bits per heavy atom. The Bertz CT molecular complexity index is 572. The van der Waals surface area contributed by atoms with E-state index < -0.39 is 11.4 Å². The number of rotatable bonds is 8. The van der Waals surface area contributed by atoms with E-state index in [-0.39, 0.29) is 0 Å². The van der Waals surface area contributed by atoms with Crippen molar-refractivity contribution in [3.05, 3.63) is 23.8 Å². The largest absolute Gasteiger partial charge is 0.490 e. The third kappa shape index (κ3) is 4.63. The molecular formula is C19H29NO4.